The Balaban J connectivity index is 1.53. The molecule has 1 N–H and O–H groups in total. The number of fused-ring (bicyclic) bond motifs is 1. The highest BCUT2D eigenvalue weighted by Gasteiger charge is 2.33. The first-order valence-electron chi connectivity index (χ1n) is 9.15. The maximum absolute atomic E-state index is 13.0. The summed E-state index contributed by atoms with van der Waals surface area (Å²) in [5, 5.41) is 16.2. The number of pyridine rings is 1. The van der Waals surface area contributed by atoms with Crippen molar-refractivity contribution in [3.8, 4) is 6.07 Å². The third kappa shape index (κ3) is 3.84. The second-order valence-corrected chi connectivity index (χ2v) is 6.70. The van der Waals surface area contributed by atoms with E-state index in [9.17, 15) is 9.59 Å². The van der Waals surface area contributed by atoms with Crippen LogP contribution in [-0.2, 0) is 17.9 Å². The molecule has 29 heavy (non-hydrogen) atoms. The lowest BCUT2D eigenvalue weighted by Gasteiger charge is -2.33. The number of hydrogen-bond donors (Lipinski definition) is 1. The Labute approximate surface area is 167 Å². The molecule has 3 aromatic rings. The fourth-order valence-corrected chi connectivity index (χ4v) is 3.34. The third-order valence-electron chi connectivity index (χ3n) is 4.79. The first kappa shape index (κ1) is 18.4. The quantitative estimate of drug-likeness (QED) is 0.734. The number of aromatic nitrogens is 3. The standard InChI is InChI=1S/C21H18N6O2/c22-11-15-4-3-5-16(10-15)21(29)26-13-18-7-9-25-27(18)19(14-26)20(28)24-12-17-6-1-2-8-23-17/h1-10,19H,12-14H2,(H,24,28)/t19-/m0/s1. The molecular formula is C21H18N6O2. The van der Waals surface area contributed by atoms with Crippen LogP contribution >= 0.6 is 0 Å². The van der Waals surface area contributed by atoms with Gasteiger partial charge in [0.25, 0.3) is 5.91 Å². The van der Waals surface area contributed by atoms with Crippen molar-refractivity contribution in [1.82, 2.24) is 25.0 Å². The van der Waals surface area contributed by atoms with Gasteiger partial charge in [0, 0.05) is 18.0 Å². The molecule has 2 amide bonds. The lowest BCUT2D eigenvalue weighted by molar-refractivity contribution is -0.125. The summed E-state index contributed by atoms with van der Waals surface area (Å²) in [6.45, 7) is 0.836. The molecular weight excluding hydrogens is 368 g/mol. The zero-order valence-corrected chi connectivity index (χ0v) is 15.5. The largest absolute Gasteiger partial charge is 0.349 e. The van der Waals surface area contributed by atoms with Crippen LogP contribution in [0.15, 0.2) is 60.9 Å². The fourth-order valence-electron chi connectivity index (χ4n) is 3.34. The highest BCUT2D eigenvalue weighted by molar-refractivity contribution is 5.95. The van der Waals surface area contributed by atoms with Crippen LogP contribution in [0.5, 0.6) is 0 Å². The average molecular weight is 386 g/mol. The highest BCUT2D eigenvalue weighted by atomic mass is 16.2. The lowest BCUT2D eigenvalue weighted by atomic mass is 10.1. The summed E-state index contributed by atoms with van der Waals surface area (Å²) in [6, 6.07) is 15.3. The SMILES string of the molecule is N#Cc1cccc(C(=O)N2Cc3ccnn3[C@H](C(=O)NCc3ccccn3)C2)c1. The lowest BCUT2D eigenvalue weighted by Crippen LogP contribution is -2.47. The van der Waals surface area contributed by atoms with Crippen molar-refractivity contribution in [2.24, 2.45) is 0 Å². The van der Waals surface area contributed by atoms with Crippen LogP contribution in [0.1, 0.15) is 33.4 Å². The Bertz CT molecular complexity index is 1090. The zero-order chi connectivity index (χ0) is 20.2. The average Bonchev–Trinajstić information content (AvgIpc) is 3.25. The highest BCUT2D eigenvalue weighted by Crippen LogP contribution is 2.22. The van der Waals surface area contributed by atoms with Crippen LogP contribution in [0.3, 0.4) is 0 Å². The van der Waals surface area contributed by atoms with E-state index in [-0.39, 0.29) is 18.4 Å². The number of carbonyl (C=O) groups excluding carboxylic acids is 2. The minimum atomic E-state index is -0.638. The molecule has 4 rings (SSSR count). The van der Waals surface area contributed by atoms with Gasteiger partial charge in [0.2, 0.25) is 5.91 Å². The summed E-state index contributed by atoms with van der Waals surface area (Å²) in [4.78, 5) is 31.7. The second kappa shape index (κ2) is 7.94. The van der Waals surface area contributed by atoms with Crippen LogP contribution in [0.2, 0.25) is 0 Å². The Morgan fingerprint density at radius 1 is 1.17 bits per heavy atom. The normalized spacial score (nSPS) is 15.3. The fraction of sp³-hybridized carbons (Fsp3) is 0.190. The van der Waals surface area contributed by atoms with Gasteiger partial charge in [-0.1, -0.05) is 12.1 Å². The first-order valence-corrected chi connectivity index (χ1v) is 9.15. The van der Waals surface area contributed by atoms with Gasteiger partial charge in [-0.25, -0.2) is 0 Å². The molecule has 0 fully saturated rings. The zero-order valence-electron chi connectivity index (χ0n) is 15.5. The third-order valence-corrected chi connectivity index (χ3v) is 4.79. The molecule has 3 heterocycles. The van der Waals surface area contributed by atoms with Crippen molar-refractivity contribution in [3.63, 3.8) is 0 Å². The summed E-state index contributed by atoms with van der Waals surface area (Å²) in [5.41, 5.74) is 2.37. The first-order chi connectivity index (χ1) is 14.2. The van der Waals surface area contributed by atoms with E-state index in [1.807, 2.05) is 24.3 Å². The Morgan fingerprint density at radius 2 is 2.07 bits per heavy atom. The molecule has 0 spiro atoms. The van der Waals surface area contributed by atoms with Gasteiger partial charge in [0.15, 0.2) is 0 Å². The van der Waals surface area contributed by atoms with Gasteiger partial charge in [0.05, 0.1) is 42.7 Å². The van der Waals surface area contributed by atoms with Crippen molar-refractivity contribution >= 4 is 11.8 Å². The Morgan fingerprint density at radius 3 is 2.86 bits per heavy atom. The van der Waals surface area contributed by atoms with Gasteiger partial charge in [0.1, 0.15) is 6.04 Å². The van der Waals surface area contributed by atoms with Gasteiger partial charge >= 0.3 is 0 Å². The molecule has 8 heteroatoms. The van der Waals surface area contributed by atoms with Crippen LogP contribution in [0.25, 0.3) is 0 Å². The molecule has 0 unspecified atom stereocenters. The van der Waals surface area contributed by atoms with Gasteiger partial charge in [-0.2, -0.15) is 10.4 Å². The summed E-state index contributed by atoms with van der Waals surface area (Å²) in [5.74, 6) is -0.457. The summed E-state index contributed by atoms with van der Waals surface area (Å²) >= 11 is 0. The number of nitriles is 1. The number of hydrogen-bond acceptors (Lipinski definition) is 5. The van der Waals surface area contributed by atoms with Gasteiger partial charge in [-0.05, 0) is 36.4 Å². The van der Waals surface area contributed by atoms with Crippen LogP contribution < -0.4 is 5.32 Å². The number of amides is 2. The van der Waals surface area contributed by atoms with E-state index in [0.717, 1.165) is 11.4 Å². The molecule has 1 atom stereocenters. The Kier molecular flexibility index (Phi) is 5.03. The molecule has 0 saturated carbocycles. The smallest absolute Gasteiger partial charge is 0.254 e. The number of carbonyl (C=O) groups is 2. The molecule has 0 radical (unpaired) electrons. The van der Waals surface area contributed by atoms with E-state index >= 15 is 0 Å². The van der Waals surface area contributed by atoms with Crippen molar-refractivity contribution in [1.29, 1.82) is 5.26 Å². The van der Waals surface area contributed by atoms with E-state index in [0.29, 0.717) is 24.2 Å². The van der Waals surface area contributed by atoms with E-state index in [1.165, 1.54) is 0 Å². The molecule has 0 aliphatic carbocycles. The van der Waals surface area contributed by atoms with E-state index in [1.54, 1.807) is 52.3 Å². The second-order valence-electron chi connectivity index (χ2n) is 6.70. The number of nitrogens with one attached hydrogen (secondary N) is 1. The van der Waals surface area contributed by atoms with Gasteiger partial charge in [-0.15, -0.1) is 0 Å². The molecule has 1 aromatic carbocycles. The van der Waals surface area contributed by atoms with E-state index < -0.39 is 6.04 Å². The molecule has 2 aromatic heterocycles. The van der Waals surface area contributed by atoms with Crippen molar-refractivity contribution < 1.29 is 9.59 Å². The molecule has 1 aliphatic rings. The van der Waals surface area contributed by atoms with E-state index in [2.05, 4.69) is 15.4 Å². The summed E-state index contributed by atoms with van der Waals surface area (Å²) in [6.07, 6.45) is 3.29. The van der Waals surface area contributed by atoms with Crippen LogP contribution in [-0.4, -0.2) is 38.0 Å². The number of rotatable bonds is 4. The monoisotopic (exact) mass is 386 g/mol. The molecule has 8 nitrogen and oxygen atoms in total. The molecule has 144 valence electrons. The van der Waals surface area contributed by atoms with Crippen LogP contribution in [0, 0.1) is 11.3 Å². The topological polar surface area (TPSA) is 104 Å². The predicted molar refractivity (Wildman–Crippen MR) is 103 cm³/mol. The van der Waals surface area contributed by atoms with Gasteiger partial charge < -0.3 is 10.2 Å². The summed E-state index contributed by atoms with van der Waals surface area (Å²) < 4.78 is 1.66. The van der Waals surface area contributed by atoms with Crippen molar-refractivity contribution in [3.05, 3.63) is 83.4 Å². The van der Waals surface area contributed by atoms with Gasteiger partial charge in [-0.3, -0.25) is 19.3 Å². The minimum absolute atomic E-state index is 0.193. The number of benzene rings is 1. The molecule has 0 bridgehead atoms. The van der Waals surface area contributed by atoms with Crippen molar-refractivity contribution in [2.75, 3.05) is 6.54 Å². The molecule has 1 aliphatic heterocycles. The number of nitrogens with zero attached hydrogens (tertiary/aromatic N) is 5. The van der Waals surface area contributed by atoms with Crippen LogP contribution in [0.4, 0.5) is 0 Å². The maximum Gasteiger partial charge on any atom is 0.254 e. The Hall–Kier alpha value is -3.99. The van der Waals surface area contributed by atoms with Crippen molar-refractivity contribution in [2.45, 2.75) is 19.1 Å². The summed E-state index contributed by atoms with van der Waals surface area (Å²) in [7, 11) is 0. The molecule has 0 saturated heterocycles. The predicted octanol–water partition coefficient (Wildman–Crippen LogP) is 1.66. The maximum atomic E-state index is 13.0. The minimum Gasteiger partial charge on any atom is -0.349 e. The van der Waals surface area contributed by atoms with E-state index in [4.69, 9.17) is 5.26 Å².